The number of para-hydroxylation sites is 1. The molecule has 0 bridgehead atoms. The predicted molar refractivity (Wildman–Crippen MR) is 83.2 cm³/mol. The maximum absolute atomic E-state index is 10.9. The summed E-state index contributed by atoms with van der Waals surface area (Å²) in [6.45, 7) is 2.38. The summed E-state index contributed by atoms with van der Waals surface area (Å²) in [6.07, 6.45) is 1.31. The lowest BCUT2D eigenvalue weighted by Crippen LogP contribution is -2.00. The Hall–Kier alpha value is -3.06. The molecule has 22 heavy (non-hydrogen) atoms. The Morgan fingerprint density at radius 2 is 1.91 bits per heavy atom. The van der Waals surface area contributed by atoms with Gasteiger partial charge in [-0.15, -0.1) is 0 Å². The van der Waals surface area contributed by atoms with Gasteiger partial charge < -0.3 is 9.84 Å². The van der Waals surface area contributed by atoms with Gasteiger partial charge in [0.1, 0.15) is 24.0 Å². The highest BCUT2D eigenvalue weighted by atomic mass is 16.5. The lowest BCUT2D eigenvalue weighted by molar-refractivity contribution is -0.132. The third-order valence-electron chi connectivity index (χ3n) is 3.21. The SMILES string of the molecule is Cc1ccccc1COc1ccccc1C=C(C#N)C(=O)O. The molecule has 0 aliphatic rings. The van der Waals surface area contributed by atoms with Crippen LogP contribution in [0.25, 0.3) is 6.08 Å². The third-order valence-corrected chi connectivity index (χ3v) is 3.21. The average molecular weight is 293 g/mol. The summed E-state index contributed by atoms with van der Waals surface area (Å²) in [5, 5.41) is 17.8. The molecule has 0 radical (unpaired) electrons. The summed E-state index contributed by atoms with van der Waals surface area (Å²) in [6, 6.07) is 16.6. The summed E-state index contributed by atoms with van der Waals surface area (Å²) in [5.74, 6) is -0.712. The molecule has 0 aromatic heterocycles. The average Bonchev–Trinajstić information content (AvgIpc) is 2.52. The van der Waals surface area contributed by atoms with Crippen LogP contribution >= 0.6 is 0 Å². The smallest absolute Gasteiger partial charge is 0.346 e. The first-order chi connectivity index (χ1) is 10.6. The molecule has 2 aromatic carbocycles. The second kappa shape index (κ2) is 7.09. The van der Waals surface area contributed by atoms with Crippen LogP contribution in [0.2, 0.25) is 0 Å². The van der Waals surface area contributed by atoms with E-state index in [0.717, 1.165) is 11.1 Å². The van der Waals surface area contributed by atoms with Gasteiger partial charge in [-0.1, -0.05) is 42.5 Å². The topological polar surface area (TPSA) is 70.3 Å². The standard InChI is InChI=1S/C18H15NO3/c1-13-6-2-3-8-15(13)12-22-17-9-5-4-7-14(17)10-16(11-19)18(20)21/h2-10H,12H2,1H3,(H,20,21). The molecule has 1 N–H and O–H groups in total. The summed E-state index contributed by atoms with van der Waals surface area (Å²) in [4.78, 5) is 10.9. The number of hydrogen-bond donors (Lipinski definition) is 1. The minimum absolute atomic E-state index is 0.327. The summed E-state index contributed by atoms with van der Waals surface area (Å²) in [5.41, 5.74) is 2.42. The molecule has 0 aliphatic carbocycles. The molecule has 0 aliphatic heterocycles. The summed E-state index contributed by atoms with van der Waals surface area (Å²) >= 11 is 0. The number of hydrogen-bond acceptors (Lipinski definition) is 3. The minimum Gasteiger partial charge on any atom is -0.488 e. The zero-order chi connectivity index (χ0) is 15.9. The van der Waals surface area contributed by atoms with E-state index < -0.39 is 5.97 Å². The highest BCUT2D eigenvalue weighted by molar-refractivity contribution is 5.96. The van der Waals surface area contributed by atoms with Crippen molar-refractivity contribution in [3.63, 3.8) is 0 Å². The van der Waals surface area contributed by atoms with Crippen molar-refractivity contribution in [3.05, 3.63) is 70.8 Å². The van der Waals surface area contributed by atoms with E-state index in [1.54, 1.807) is 30.3 Å². The summed E-state index contributed by atoms with van der Waals surface area (Å²) in [7, 11) is 0. The molecule has 0 saturated heterocycles. The van der Waals surface area contributed by atoms with Crippen LogP contribution in [0.5, 0.6) is 5.75 Å². The van der Waals surface area contributed by atoms with E-state index in [-0.39, 0.29) is 5.57 Å². The van der Waals surface area contributed by atoms with Gasteiger partial charge in [-0.2, -0.15) is 5.26 Å². The molecule has 0 saturated carbocycles. The quantitative estimate of drug-likeness (QED) is 0.676. The maximum atomic E-state index is 10.9. The molecule has 0 amide bonds. The van der Waals surface area contributed by atoms with Crippen LogP contribution in [0.15, 0.2) is 54.1 Å². The zero-order valence-electron chi connectivity index (χ0n) is 12.1. The number of carboxylic acids is 1. The van der Waals surface area contributed by atoms with Crippen molar-refractivity contribution < 1.29 is 14.6 Å². The minimum atomic E-state index is -1.25. The molecule has 2 aromatic rings. The fourth-order valence-electron chi connectivity index (χ4n) is 1.96. The van der Waals surface area contributed by atoms with Crippen LogP contribution in [0.4, 0.5) is 0 Å². The lowest BCUT2D eigenvalue weighted by atomic mass is 10.1. The number of aryl methyl sites for hydroxylation is 1. The molecule has 0 fully saturated rings. The Bertz CT molecular complexity index is 757. The van der Waals surface area contributed by atoms with E-state index in [9.17, 15) is 4.79 Å². The molecule has 4 nitrogen and oxygen atoms in total. The van der Waals surface area contributed by atoms with E-state index in [1.165, 1.54) is 6.08 Å². The van der Waals surface area contributed by atoms with Gasteiger partial charge in [0.2, 0.25) is 0 Å². The highest BCUT2D eigenvalue weighted by Crippen LogP contribution is 2.22. The number of benzene rings is 2. The number of nitriles is 1. The van der Waals surface area contributed by atoms with Crippen LogP contribution < -0.4 is 4.74 Å². The van der Waals surface area contributed by atoms with Gasteiger partial charge in [-0.05, 0) is 30.2 Å². The number of aliphatic carboxylic acids is 1. The Kier molecular flexibility index (Phi) is 4.94. The number of ether oxygens (including phenoxy) is 1. The molecule has 110 valence electrons. The molecule has 0 unspecified atom stereocenters. The van der Waals surface area contributed by atoms with Crippen molar-refractivity contribution in [3.8, 4) is 11.8 Å². The Morgan fingerprint density at radius 1 is 1.23 bits per heavy atom. The normalized spacial score (nSPS) is 10.8. The molecule has 0 atom stereocenters. The van der Waals surface area contributed by atoms with Crippen molar-refractivity contribution in [1.29, 1.82) is 5.26 Å². The zero-order valence-corrected chi connectivity index (χ0v) is 12.1. The first-order valence-corrected chi connectivity index (χ1v) is 6.73. The molecule has 4 heteroatoms. The van der Waals surface area contributed by atoms with Gasteiger partial charge in [0.25, 0.3) is 0 Å². The van der Waals surface area contributed by atoms with Crippen molar-refractivity contribution in [1.82, 2.24) is 0 Å². The Labute approximate surface area is 128 Å². The number of carbonyl (C=O) groups is 1. The van der Waals surface area contributed by atoms with E-state index >= 15 is 0 Å². The maximum Gasteiger partial charge on any atom is 0.346 e. The first-order valence-electron chi connectivity index (χ1n) is 6.73. The van der Waals surface area contributed by atoms with Crippen molar-refractivity contribution >= 4 is 12.0 Å². The molecular formula is C18H15NO3. The second-order valence-corrected chi connectivity index (χ2v) is 4.73. The van der Waals surface area contributed by atoms with Crippen molar-refractivity contribution in [2.24, 2.45) is 0 Å². The van der Waals surface area contributed by atoms with Crippen LogP contribution in [-0.2, 0) is 11.4 Å². The van der Waals surface area contributed by atoms with Crippen LogP contribution in [0.3, 0.4) is 0 Å². The van der Waals surface area contributed by atoms with Gasteiger partial charge in [-0.25, -0.2) is 4.79 Å². The van der Waals surface area contributed by atoms with Crippen LogP contribution in [0, 0.1) is 18.3 Å². The number of rotatable bonds is 5. The van der Waals surface area contributed by atoms with Gasteiger partial charge >= 0.3 is 5.97 Å². The van der Waals surface area contributed by atoms with Crippen LogP contribution in [0.1, 0.15) is 16.7 Å². The van der Waals surface area contributed by atoms with Gasteiger partial charge in [0.05, 0.1) is 0 Å². The van der Waals surface area contributed by atoms with Gasteiger partial charge in [0.15, 0.2) is 0 Å². The third kappa shape index (κ3) is 3.74. The highest BCUT2D eigenvalue weighted by Gasteiger charge is 2.09. The van der Waals surface area contributed by atoms with E-state index in [2.05, 4.69) is 0 Å². The van der Waals surface area contributed by atoms with E-state index in [4.69, 9.17) is 15.1 Å². The van der Waals surface area contributed by atoms with Crippen LogP contribution in [-0.4, -0.2) is 11.1 Å². The first kappa shape index (κ1) is 15.3. The molecule has 0 heterocycles. The number of nitrogens with zero attached hydrogens (tertiary/aromatic N) is 1. The number of carboxylic acid groups (broad SMARTS) is 1. The summed E-state index contributed by atoms with van der Waals surface area (Å²) < 4.78 is 5.78. The monoisotopic (exact) mass is 293 g/mol. The molecule has 0 spiro atoms. The Balaban J connectivity index is 2.24. The molecule has 2 rings (SSSR count). The fourth-order valence-corrected chi connectivity index (χ4v) is 1.96. The predicted octanol–water partition coefficient (Wildman–Crippen LogP) is 3.57. The van der Waals surface area contributed by atoms with E-state index in [0.29, 0.717) is 17.9 Å². The van der Waals surface area contributed by atoms with E-state index in [1.807, 2.05) is 31.2 Å². The largest absolute Gasteiger partial charge is 0.488 e. The lowest BCUT2D eigenvalue weighted by Gasteiger charge is -2.11. The fraction of sp³-hybridized carbons (Fsp3) is 0.111. The van der Waals surface area contributed by atoms with Gasteiger partial charge in [-0.3, -0.25) is 0 Å². The molecular weight excluding hydrogens is 278 g/mol. The van der Waals surface area contributed by atoms with Crippen molar-refractivity contribution in [2.45, 2.75) is 13.5 Å². The Morgan fingerprint density at radius 3 is 2.59 bits per heavy atom. The van der Waals surface area contributed by atoms with Gasteiger partial charge in [0, 0.05) is 5.56 Å². The van der Waals surface area contributed by atoms with Crippen molar-refractivity contribution in [2.75, 3.05) is 0 Å². The second-order valence-electron chi connectivity index (χ2n) is 4.73.